The molecule has 0 amide bonds. The van der Waals surface area contributed by atoms with Crippen LogP contribution in [-0.2, 0) is 28.7 Å². The third kappa shape index (κ3) is 5.51. The first-order chi connectivity index (χ1) is 21.9. The molecular weight excluding hydrogens is 607 g/mol. The first-order valence-electron chi connectivity index (χ1n) is 15.8. The summed E-state index contributed by atoms with van der Waals surface area (Å²) in [6, 6.07) is 13.9. The van der Waals surface area contributed by atoms with Gasteiger partial charge in [0.1, 0.15) is 11.6 Å². The summed E-state index contributed by atoms with van der Waals surface area (Å²) >= 11 is 0. The van der Waals surface area contributed by atoms with Crippen molar-refractivity contribution >= 4 is 21.5 Å². The van der Waals surface area contributed by atoms with Crippen molar-refractivity contribution in [3.8, 4) is 5.75 Å². The molecule has 0 radical (unpaired) electrons. The lowest BCUT2D eigenvalue weighted by Gasteiger charge is -2.23. The van der Waals surface area contributed by atoms with Gasteiger partial charge in [-0.3, -0.25) is 4.79 Å². The Morgan fingerprint density at radius 2 is 1.76 bits per heavy atom. The highest BCUT2D eigenvalue weighted by Gasteiger charge is 2.38. The molecule has 2 aromatic carbocycles. The van der Waals surface area contributed by atoms with E-state index in [4.69, 9.17) is 9.84 Å². The number of halogens is 1. The molecule has 0 saturated heterocycles. The maximum Gasteiger partial charge on any atom is 0.270 e. The number of nitrogens with zero attached hydrogens (tertiary/aromatic N) is 5. The molecule has 1 aliphatic heterocycles. The van der Waals surface area contributed by atoms with Crippen molar-refractivity contribution in [1.29, 1.82) is 0 Å². The van der Waals surface area contributed by atoms with Crippen LogP contribution in [0.5, 0.6) is 5.75 Å². The Labute approximate surface area is 268 Å². The van der Waals surface area contributed by atoms with Crippen molar-refractivity contribution < 1.29 is 17.5 Å². The minimum absolute atomic E-state index is 0.00404. The van der Waals surface area contributed by atoms with Crippen LogP contribution in [0.25, 0.3) is 0 Å². The van der Waals surface area contributed by atoms with E-state index in [-0.39, 0.29) is 46.8 Å². The zero-order valence-electron chi connectivity index (χ0n) is 26.5. The van der Waals surface area contributed by atoms with Gasteiger partial charge < -0.3 is 10.1 Å². The molecular formula is C34H39FN6O4S. The highest BCUT2D eigenvalue weighted by atomic mass is 32.2. The van der Waals surface area contributed by atoms with Crippen molar-refractivity contribution in [3.05, 3.63) is 93.3 Å². The molecule has 46 heavy (non-hydrogen) atoms. The molecule has 242 valence electrons. The SMILES string of the molecule is COc1ccc(CN2Cc3c(ccc(Nc4cc([C@@H]5CC[C@H](n6nccc(C7CC7)c6=O)C5)nn4C(C)(C)C)c3F)S2(=O)=O)cc1. The van der Waals surface area contributed by atoms with E-state index in [2.05, 4.69) is 10.4 Å². The second kappa shape index (κ2) is 11.3. The predicted molar refractivity (Wildman–Crippen MR) is 172 cm³/mol. The van der Waals surface area contributed by atoms with Crippen molar-refractivity contribution in [2.24, 2.45) is 0 Å². The van der Waals surface area contributed by atoms with Gasteiger partial charge in [0.15, 0.2) is 5.82 Å². The van der Waals surface area contributed by atoms with E-state index in [1.807, 2.05) is 37.6 Å². The maximum absolute atomic E-state index is 16.1. The number of sulfonamides is 1. The van der Waals surface area contributed by atoms with E-state index < -0.39 is 21.4 Å². The lowest BCUT2D eigenvalue weighted by molar-refractivity contribution is 0.356. The minimum Gasteiger partial charge on any atom is -0.497 e. The number of fused-ring (bicyclic) bond motifs is 1. The monoisotopic (exact) mass is 646 g/mol. The first kappa shape index (κ1) is 30.6. The van der Waals surface area contributed by atoms with Crippen LogP contribution < -0.4 is 15.6 Å². The predicted octanol–water partition coefficient (Wildman–Crippen LogP) is 6.18. The third-order valence-electron chi connectivity index (χ3n) is 9.38. The molecule has 2 aliphatic carbocycles. The molecule has 4 aromatic rings. The van der Waals surface area contributed by atoms with E-state index in [1.165, 1.54) is 16.4 Å². The van der Waals surface area contributed by atoms with Crippen LogP contribution in [0, 0.1) is 5.82 Å². The molecule has 3 heterocycles. The highest BCUT2D eigenvalue weighted by Crippen LogP contribution is 2.43. The van der Waals surface area contributed by atoms with Crippen molar-refractivity contribution in [2.75, 3.05) is 12.4 Å². The largest absolute Gasteiger partial charge is 0.497 e. The van der Waals surface area contributed by atoms with Gasteiger partial charge in [-0.05, 0) is 94.7 Å². The van der Waals surface area contributed by atoms with Gasteiger partial charge in [-0.25, -0.2) is 22.2 Å². The number of ether oxygens (including phenoxy) is 1. The number of rotatable bonds is 8. The van der Waals surface area contributed by atoms with Gasteiger partial charge in [0.25, 0.3) is 5.56 Å². The highest BCUT2D eigenvalue weighted by molar-refractivity contribution is 7.89. The van der Waals surface area contributed by atoms with Gasteiger partial charge >= 0.3 is 0 Å². The van der Waals surface area contributed by atoms with Gasteiger partial charge in [0, 0.05) is 42.4 Å². The van der Waals surface area contributed by atoms with Crippen LogP contribution in [0.1, 0.15) is 93.1 Å². The minimum atomic E-state index is -3.86. The van der Waals surface area contributed by atoms with Gasteiger partial charge in [-0.15, -0.1) is 0 Å². The fourth-order valence-electron chi connectivity index (χ4n) is 6.76. The number of anilines is 2. The Kier molecular flexibility index (Phi) is 7.55. The maximum atomic E-state index is 16.1. The van der Waals surface area contributed by atoms with Crippen LogP contribution in [-0.4, -0.2) is 39.4 Å². The molecule has 3 aliphatic rings. The van der Waals surface area contributed by atoms with E-state index in [0.717, 1.165) is 48.9 Å². The number of benzene rings is 2. The lowest BCUT2D eigenvalue weighted by Crippen LogP contribution is -2.28. The van der Waals surface area contributed by atoms with Crippen molar-refractivity contribution in [1.82, 2.24) is 23.9 Å². The average molecular weight is 647 g/mol. The third-order valence-corrected chi connectivity index (χ3v) is 11.3. The smallest absolute Gasteiger partial charge is 0.270 e. The van der Waals surface area contributed by atoms with Crippen molar-refractivity contribution in [3.63, 3.8) is 0 Å². The Bertz CT molecular complexity index is 1960. The van der Waals surface area contributed by atoms with Crippen LogP contribution in [0.4, 0.5) is 15.9 Å². The summed E-state index contributed by atoms with van der Waals surface area (Å²) < 4.78 is 52.8. The standard InChI is InChI=1S/C34H39FN6O4S/c1-34(2,3)41-31(18-29(38-41)23-9-10-24(17-23)40-33(42)26(15-16-36-40)22-7-8-22)37-28-13-14-30-27(32(28)35)20-39(46(30,43)44)19-21-5-11-25(45-4)12-6-21/h5-6,11-16,18,22-24,37H,7-10,17,19-20H2,1-4H3/t23-,24+/m1/s1. The van der Waals surface area contributed by atoms with Gasteiger partial charge in [-0.1, -0.05) is 12.1 Å². The van der Waals surface area contributed by atoms with E-state index >= 15 is 4.39 Å². The van der Waals surface area contributed by atoms with Crippen molar-refractivity contribution in [2.45, 2.75) is 94.3 Å². The molecule has 2 fully saturated rings. The molecule has 1 N–H and O–H groups in total. The normalized spacial score (nSPS) is 21.0. The Hall–Kier alpha value is -4.03. The Balaban J connectivity index is 1.13. The van der Waals surface area contributed by atoms with E-state index in [9.17, 15) is 13.2 Å². The summed E-state index contributed by atoms with van der Waals surface area (Å²) in [6.45, 7) is 6.15. The molecule has 2 aromatic heterocycles. The fraction of sp³-hybridized carbons (Fsp3) is 0.441. The number of methoxy groups -OCH3 is 1. The Morgan fingerprint density at radius 1 is 1.02 bits per heavy atom. The molecule has 10 nitrogen and oxygen atoms in total. The fourth-order valence-corrected chi connectivity index (χ4v) is 8.36. The average Bonchev–Trinajstić information content (AvgIpc) is 3.47. The number of aromatic nitrogens is 4. The van der Waals surface area contributed by atoms with E-state index in [0.29, 0.717) is 17.5 Å². The first-order valence-corrected chi connectivity index (χ1v) is 17.3. The van der Waals surface area contributed by atoms with Crippen LogP contribution in [0.15, 0.2) is 64.4 Å². The number of hydrogen-bond acceptors (Lipinski definition) is 7. The zero-order valence-corrected chi connectivity index (χ0v) is 27.3. The summed E-state index contributed by atoms with van der Waals surface area (Å²) in [7, 11) is -2.29. The van der Waals surface area contributed by atoms with Gasteiger partial charge in [-0.2, -0.15) is 14.5 Å². The topological polar surface area (TPSA) is 111 Å². The number of hydrogen-bond donors (Lipinski definition) is 1. The molecule has 2 atom stereocenters. The van der Waals surface area contributed by atoms with Crippen LogP contribution >= 0.6 is 0 Å². The summed E-state index contributed by atoms with van der Waals surface area (Å²) in [6.07, 6.45) is 6.31. The molecule has 0 bridgehead atoms. The quantitative estimate of drug-likeness (QED) is 0.244. The second-order valence-electron chi connectivity index (χ2n) is 13.7. The van der Waals surface area contributed by atoms with Gasteiger partial charge in [0.05, 0.1) is 35.0 Å². The summed E-state index contributed by atoms with van der Waals surface area (Å²) in [5, 5.41) is 12.6. The summed E-state index contributed by atoms with van der Waals surface area (Å²) in [5.74, 6) is 1.19. The van der Waals surface area contributed by atoms with Crippen LogP contribution in [0.2, 0.25) is 0 Å². The van der Waals surface area contributed by atoms with Crippen LogP contribution in [0.3, 0.4) is 0 Å². The molecule has 0 unspecified atom stereocenters. The molecule has 12 heteroatoms. The molecule has 2 saturated carbocycles. The van der Waals surface area contributed by atoms with E-state index in [1.54, 1.807) is 42.3 Å². The molecule has 0 spiro atoms. The second-order valence-corrected chi connectivity index (χ2v) is 15.6. The van der Waals surface area contributed by atoms with Gasteiger partial charge in [0.2, 0.25) is 10.0 Å². The number of nitrogens with one attached hydrogen (secondary N) is 1. The summed E-state index contributed by atoms with van der Waals surface area (Å²) in [5.41, 5.74) is 2.47. The Morgan fingerprint density at radius 3 is 2.46 bits per heavy atom. The molecule has 7 rings (SSSR count). The summed E-state index contributed by atoms with van der Waals surface area (Å²) in [4.78, 5) is 13.1. The lowest BCUT2D eigenvalue weighted by atomic mass is 10.0. The zero-order chi connectivity index (χ0) is 32.4.